The minimum absolute atomic E-state index is 0.236. The third kappa shape index (κ3) is 5.84. The summed E-state index contributed by atoms with van der Waals surface area (Å²) in [5.74, 6) is -4.14. The number of rotatable bonds is 7. The number of pyridine rings is 1. The minimum Gasteiger partial charge on any atom is -0.373 e. The predicted molar refractivity (Wildman–Crippen MR) is 65.4 cm³/mol. The quantitative estimate of drug-likeness (QED) is 0.773. The Morgan fingerprint density at radius 3 is 2.58 bits per heavy atom. The molecular formula is C11H13BrF4N2O. The number of alkyl halides is 4. The van der Waals surface area contributed by atoms with Crippen LogP contribution in [0.25, 0.3) is 0 Å². The van der Waals surface area contributed by atoms with E-state index in [9.17, 15) is 17.6 Å². The standard InChI is InChI=1S/C11H13BrF4N2O/c12-7-1-2-9(18-4-7)3-8(17)5-19-6-11(15,16)10(13)14/h1-2,4,8,10H,3,5-6,17H2. The summed E-state index contributed by atoms with van der Waals surface area (Å²) in [4.78, 5) is 4.05. The lowest BCUT2D eigenvalue weighted by Gasteiger charge is -2.17. The molecule has 1 aromatic rings. The Balaban J connectivity index is 2.32. The summed E-state index contributed by atoms with van der Waals surface area (Å²) in [7, 11) is 0. The average Bonchev–Trinajstić information content (AvgIpc) is 2.31. The summed E-state index contributed by atoms with van der Waals surface area (Å²) in [5.41, 5.74) is 6.31. The third-order valence-corrected chi connectivity index (χ3v) is 2.67. The van der Waals surface area contributed by atoms with Crippen molar-refractivity contribution >= 4 is 15.9 Å². The first-order valence-electron chi connectivity index (χ1n) is 5.41. The summed E-state index contributed by atoms with van der Waals surface area (Å²) in [5, 5.41) is 0. The van der Waals surface area contributed by atoms with Gasteiger partial charge in [-0.05, 0) is 28.1 Å². The Morgan fingerprint density at radius 2 is 2.05 bits per heavy atom. The van der Waals surface area contributed by atoms with E-state index in [2.05, 4.69) is 25.7 Å². The zero-order chi connectivity index (χ0) is 14.5. The predicted octanol–water partition coefficient (Wildman–Crippen LogP) is 2.63. The van der Waals surface area contributed by atoms with E-state index >= 15 is 0 Å². The maximum Gasteiger partial charge on any atom is 0.330 e. The smallest absolute Gasteiger partial charge is 0.330 e. The molecule has 3 nitrogen and oxygen atoms in total. The van der Waals surface area contributed by atoms with Crippen LogP contribution >= 0.6 is 15.9 Å². The molecule has 1 atom stereocenters. The number of hydrogen-bond donors (Lipinski definition) is 1. The molecule has 0 aliphatic heterocycles. The summed E-state index contributed by atoms with van der Waals surface area (Å²) in [6.07, 6.45) is -1.85. The molecule has 0 fully saturated rings. The van der Waals surface area contributed by atoms with E-state index in [1.54, 1.807) is 18.3 Å². The van der Waals surface area contributed by atoms with E-state index in [0.29, 0.717) is 12.1 Å². The molecule has 2 N–H and O–H groups in total. The molecule has 0 bridgehead atoms. The van der Waals surface area contributed by atoms with Gasteiger partial charge >= 0.3 is 12.3 Å². The first kappa shape index (κ1) is 16.3. The van der Waals surface area contributed by atoms with Crippen LogP contribution in [0.15, 0.2) is 22.8 Å². The van der Waals surface area contributed by atoms with Crippen LogP contribution in [0.2, 0.25) is 0 Å². The molecule has 1 unspecified atom stereocenters. The van der Waals surface area contributed by atoms with E-state index < -0.39 is 25.0 Å². The Kier molecular flexibility index (Phi) is 6.15. The first-order chi connectivity index (χ1) is 8.81. The highest BCUT2D eigenvalue weighted by molar-refractivity contribution is 9.10. The van der Waals surface area contributed by atoms with Gasteiger partial charge in [0.2, 0.25) is 0 Å². The van der Waals surface area contributed by atoms with Crippen LogP contribution in [0.1, 0.15) is 5.69 Å². The molecule has 0 aromatic carbocycles. The molecule has 0 radical (unpaired) electrons. The van der Waals surface area contributed by atoms with Crippen molar-refractivity contribution in [3.8, 4) is 0 Å². The summed E-state index contributed by atoms with van der Waals surface area (Å²) in [6.45, 7) is -1.58. The van der Waals surface area contributed by atoms with Crippen LogP contribution in [-0.2, 0) is 11.2 Å². The molecule has 19 heavy (non-hydrogen) atoms. The number of hydrogen-bond acceptors (Lipinski definition) is 3. The van der Waals surface area contributed by atoms with E-state index in [0.717, 1.165) is 4.47 Å². The van der Waals surface area contributed by atoms with E-state index in [4.69, 9.17) is 5.73 Å². The second-order valence-electron chi connectivity index (χ2n) is 4.01. The maximum atomic E-state index is 12.5. The lowest BCUT2D eigenvalue weighted by Crippen LogP contribution is -2.36. The number of nitrogens with zero attached hydrogens (tertiary/aromatic N) is 1. The Labute approximate surface area is 116 Å². The van der Waals surface area contributed by atoms with Crippen molar-refractivity contribution in [1.82, 2.24) is 4.98 Å². The Hall–Kier alpha value is -0.730. The SMILES string of the molecule is NC(COCC(F)(F)C(F)F)Cc1ccc(Br)cn1. The monoisotopic (exact) mass is 344 g/mol. The van der Waals surface area contributed by atoms with Gasteiger partial charge in [-0.3, -0.25) is 4.98 Å². The van der Waals surface area contributed by atoms with E-state index in [1.165, 1.54) is 0 Å². The zero-order valence-corrected chi connectivity index (χ0v) is 11.4. The second kappa shape index (κ2) is 7.16. The molecule has 8 heteroatoms. The Morgan fingerprint density at radius 1 is 1.37 bits per heavy atom. The molecule has 108 valence electrons. The van der Waals surface area contributed by atoms with Crippen LogP contribution in [-0.4, -0.2) is 36.6 Å². The van der Waals surface area contributed by atoms with Crippen LogP contribution in [0.4, 0.5) is 17.6 Å². The fourth-order valence-corrected chi connectivity index (χ4v) is 1.50. The fraction of sp³-hybridized carbons (Fsp3) is 0.545. The van der Waals surface area contributed by atoms with Crippen molar-refractivity contribution in [3.63, 3.8) is 0 Å². The summed E-state index contributed by atoms with van der Waals surface area (Å²) in [6, 6.07) is 2.90. The lowest BCUT2D eigenvalue weighted by atomic mass is 10.1. The summed E-state index contributed by atoms with van der Waals surface area (Å²) >= 11 is 3.22. The maximum absolute atomic E-state index is 12.5. The van der Waals surface area contributed by atoms with Crippen LogP contribution in [0.3, 0.4) is 0 Å². The van der Waals surface area contributed by atoms with Crippen molar-refractivity contribution in [2.45, 2.75) is 24.8 Å². The molecule has 1 heterocycles. The largest absolute Gasteiger partial charge is 0.373 e. The van der Waals surface area contributed by atoms with Crippen molar-refractivity contribution in [2.75, 3.05) is 13.2 Å². The molecule has 0 aliphatic carbocycles. The van der Waals surface area contributed by atoms with Gasteiger partial charge in [0.15, 0.2) is 0 Å². The van der Waals surface area contributed by atoms with Crippen LogP contribution in [0.5, 0.6) is 0 Å². The molecule has 0 saturated carbocycles. The second-order valence-corrected chi connectivity index (χ2v) is 4.92. The molecule has 0 amide bonds. The molecule has 0 saturated heterocycles. The van der Waals surface area contributed by atoms with Gasteiger partial charge in [0.25, 0.3) is 0 Å². The van der Waals surface area contributed by atoms with Crippen molar-refractivity contribution in [1.29, 1.82) is 0 Å². The normalized spacial score (nSPS) is 13.8. The highest BCUT2D eigenvalue weighted by atomic mass is 79.9. The topological polar surface area (TPSA) is 48.1 Å². The van der Waals surface area contributed by atoms with Gasteiger partial charge in [-0.15, -0.1) is 0 Å². The number of halogens is 5. The zero-order valence-electron chi connectivity index (χ0n) is 9.83. The summed E-state index contributed by atoms with van der Waals surface area (Å²) < 4.78 is 54.1. The van der Waals surface area contributed by atoms with Gasteiger partial charge in [-0.25, -0.2) is 8.78 Å². The fourth-order valence-electron chi connectivity index (χ4n) is 1.26. The van der Waals surface area contributed by atoms with Crippen molar-refractivity contribution < 1.29 is 22.3 Å². The molecule has 1 rings (SSSR count). The third-order valence-electron chi connectivity index (χ3n) is 2.21. The lowest BCUT2D eigenvalue weighted by molar-refractivity contribution is -0.166. The number of aromatic nitrogens is 1. The Bertz CT molecular complexity index is 389. The molecule has 0 aliphatic rings. The average molecular weight is 345 g/mol. The number of ether oxygens (including phenoxy) is 1. The van der Waals surface area contributed by atoms with Gasteiger partial charge in [0.1, 0.15) is 6.61 Å². The van der Waals surface area contributed by atoms with Crippen molar-refractivity contribution in [2.24, 2.45) is 5.73 Å². The molecule has 0 spiro atoms. The highest BCUT2D eigenvalue weighted by Crippen LogP contribution is 2.22. The van der Waals surface area contributed by atoms with Gasteiger partial charge in [0, 0.05) is 28.8 Å². The first-order valence-corrected chi connectivity index (χ1v) is 6.20. The number of nitrogens with two attached hydrogens (primary N) is 1. The van der Waals surface area contributed by atoms with Gasteiger partial charge < -0.3 is 10.5 Å². The van der Waals surface area contributed by atoms with E-state index in [-0.39, 0.29) is 6.61 Å². The van der Waals surface area contributed by atoms with Gasteiger partial charge in [-0.1, -0.05) is 0 Å². The van der Waals surface area contributed by atoms with Crippen LogP contribution in [0, 0.1) is 0 Å². The molecular weight excluding hydrogens is 332 g/mol. The van der Waals surface area contributed by atoms with Gasteiger partial charge in [0.05, 0.1) is 6.61 Å². The highest BCUT2D eigenvalue weighted by Gasteiger charge is 2.41. The van der Waals surface area contributed by atoms with E-state index in [1.807, 2.05) is 0 Å². The van der Waals surface area contributed by atoms with Crippen molar-refractivity contribution in [3.05, 3.63) is 28.5 Å². The van der Waals surface area contributed by atoms with Crippen LogP contribution < -0.4 is 5.73 Å². The van der Waals surface area contributed by atoms with Gasteiger partial charge in [-0.2, -0.15) is 8.78 Å². The molecule has 1 aromatic heterocycles. The minimum atomic E-state index is -4.14.